The van der Waals surface area contributed by atoms with Crippen LogP contribution in [0, 0.1) is 17.0 Å². The van der Waals surface area contributed by atoms with Crippen LogP contribution in [0.15, 0.2) is 36.4 Å². The van der Waals surface area contributed by atoms with Crippen molar-refractivity contribution in [2.24, 2.45) is 0 Å². The van der Waals surface area contributed by atoms with Crippen LogP contribution in [0.4, 0.5) is 11.4 Å². The van der Waals surface area contributed by atoms with Crippen molar-refractivity contribution in [3.63, 3.8) is 0 Å². The normalized spacial score (nSPS) is 10.6. The number of anilines is 1. The van der Waals surface area contributed by atoms with Gasteiger partial charge >= 0.3 is 0 Å². The number of nitro benzene ring substituents is 1. The summed E-state index contributed by atoms with van der Waals surface area (Å²) >= 11 is 5.97. The molecule has 0 atom stereocenters. The Morgan fingerprint density at radius 1 is 1.28 bits per heavy atom. The van der Waals surface area contributed by atoms with Crippen molar-refractivity contribution in [1.82, 2.24) is 0 Å². The Morgan fingerprint density at radius 3 is 2.64 bits per heavy atom. The van der Waals surface area contributed by atoms with Gasteiger partial charge in [-0.3, -0.25) is 14.9 Å². The molecule has 7 heteroatoms. The van der Waals surface area contributed by atoms with E-state index in [-0.39, 0.29) is 28.9 Å². The van der Waals surface area contributed by atoms with Crippen LogP contribution in [0.1, 0.15) is 30.9 Å². The smallest absolute Gasteiger partial charge is 0.271 e. The lowest BCUT2D eigenvalue weighted by molar-refractivity contribution is -0.384. The summed E-state index contributed by atoms with van der Waals surface area (Å²) in [5.74, 6) is 0.457. The topological polar surface area (TPSA) is 81.5 Å². The lowest BCUT2D eigenvalue weighted by Crippen LogP contribution is -2.21. The number of aryl methyl sites for hydroxylation is 1. The Labute approximate surface area is 150 Å². The number of non-ortho nitro benzene ring substituents is 1. The summed E-state index contributed by atoms with van der Waals surface area (Å²) in [6.45, 7) is 5.81. The molecule has 0 radical (unpaired) electrons. The number of nitrogens with one attached hydrogen (secondary N) is 1. The standard InChI is InChI=1S/C18H19ClN2O4/c1-11(2)14-6-4-12(3)8-17(14)25-10-18(22)20-16-9-13(21(23)24)5-7-15(16)19/h4-9,11H,10H2,1-3H3,(H,20,22). The Bertz CT molecular complexity index is 806. The molecule has 2 aromatic carbocycles. The Hall–Kier alpha value is -2.60. The van der Waals surface area contributed by atoms with Gasteiger partial charge in [0.05, 0.1) is 15.6 Å². The van der Waals surface area contributed by atoms with E-state index in [2.05, 4.69) is 5.32 Å². The number of carbonyl (C=O) groups excluding carboxylic acids is 1. The van der Waals surface area contributed by atoms with E-state index in [4.69, 9.17) is 16.3 Å². The minimum absolute atomic E-state index is 0.151. The number of nitrogens with zero attached hydrogens (tertiary/aromatic N) is 1. The van der Waals surface area contributed by atoms with Crippen molar-refractivity contribution in [3.8, 4) is 5.75 Å². The molecule has 0 aliphatic heterocycles. The summed E-state index contributed by atoms with van der Waals surface area (Å²) in [5.41, 5.74) is 2.06. The molecule has 0 aliphatic rings. The number of ether oxygens (including phenoxy) is 1. The molecule has 0 aliphatic carbocycles. The zero-order valence-electron chi connectivity index (χ0n) is 14.2. The molecule has 0 unspecified atom stereocenters. The highest BCUT2D eigenvalue weighted by Crippen LogP contribution is 2.28. The van der Waals surface area contributed by atoms with E-state index in [0.717, 1.165) is 11.1 Å². The Morgan fingerprint density at radius 2 is 2.00 bits per heavy atom. The van der Waals surface area contributed by atoms with Gasteiger partial charge in [0.2, 0.25) is 0 Å². The Kier molecular flexibility index (Phi) is 5.98. The molecule has 0 saturated carbocycles. The van der Waals surface area contributed by atoms with E-state index < -0.39 is 10.8 Å². The molecule has 0 bridgehead atoms. The third-order valence-electron chi connectivity index (χ3n) is 3.58. The van der Waals surface area contributed by atoms with Crippen molar-refractivity contribution in [1.29, 1.82) is 0 Å². The van der Waals surface area contributed by atoms with E-state index >= 15 is 0 Å². The molecule has 6 nitrogen and oxygen atoms in total. The number of hydrogen-bond acceptors (Lipinski definition) is 4. The van der Waals surface area contributed by atoms with Crippen LogP contribution in [0.2, 0.25) is 5.02 Å². The molecule has 132 valence electrons. The van der Waals surface area contributed by atoms with Crippen LogP contribution in [-0.2, 0) is 4.79 Å². The third-order valence-corrected chi connectivity index (χ3v) is 3.91. The molecule has 0 aromatic heterocycles. The van der Waals surface area contributed by atoms with Gasteiger partial charge < -0.3 is 10.1 Å². The second-order valence-corrected chi connectivity index (χ2v) is 6.36. The first kappa shape index (κ1) is 18.7. The highest BCUT2D eigenvalue weighted by atomic mass is 35.5. The fraction of sp³-hybridized carbons (Fsp3) is 0.278. The molecular formula is C18H19ClN2O4. The van der Waals surface area contributed by atoms with Crippen LogP contribution in [-0.4, -0.2) is 17.4 Å². The van der Waals surface area contributed by atoms with Gasteiger partial charge in [-0.1, -0.05) is 37.6 Å². The van der Waals surface area contributed by atoms with E-state index in [1.54, 1.807) is 0 Å². The molecule has 25 heavy (non-hydrogen) atoms. The SMILES string of the molecule is Cc1ccc(C(C)C)c(OCC(=O)Nc2cc([N+](=O)[O-])ccc2Cl)c1. The number of hydrogen-bond donors (Lipinski definition) is 1. The summed E-state index contributed by atoms with van der Waals surface area (Å²) in [6, 6.07) is 9.70. The first-order valence-electron chi connectivity index (χ1n) is 7.75. The lowest BCUT2D eigenvalue weighted by Gasteiger charge is -2.15. The van der Waals surface area contributed by atoms with Crippen LogP contribution in [0.25, 0.3) is 0 Å². The highest BCUT2D eigenvalue weighted by molar-refractivity contribution is 6.33. The predicted molar refractivity (Wildman–Crippen MR) is 97.5 cm³/mol. The number of amides is 1. The lowest BCUT2D eigenvalue weighted by atomic mass is 10.0. The second-order valence-electron chi connectivity index (χ2n) is 5.95. The third kappa shape index (κ3) is 4.93. The number of rotatable bonds is 6. The molecule has 0 heterocycles. The van der Waals surface area contributed by atoms with Crippen LogP contribution in [0.3, 0.4) is 0 Å². The van der Waals surface area contributed by atoms with E-state index in [1.165, 1.54) is 18.2 Å². The largest absolute Gasteiger partial charge is 0.483 e. The van der Waals surface area contributed by atoms with Gasteiger partial charge in [0.25, 0.3) is 11.6 Å². The zero-order valence-corrected chi connectivity index (χ0v) is 15.0. The highest BCUT2D eigenvalue weighted by Gasteiger charge is 2.14. The summed E-state index contributed by atoms with van der Waals surface area (Å²) < 4.78 is 5.64. The van der Waals surface area contributed by atoms with Crippen LogP contribution < -0.4 is 10.1 Å². The maximum absolute atomic E-state index is 12.1. The average Bonchev–Trinajstić information content (AvgIpc) is 2.54. The molecule has 1 N–H and O–H groups in total. The first-order chi connectivity index (χ1) is 11.8. The molecule has 0 spiro atoms. The molecule has 0 fully saturated rings. The van der Waals surface area contributed by atoms with Crippen molar-refractivity contribution in [2.45, 2.75) is 26.7 Å². The molecule has 1 amide bonds. The fourth-order valence-corrected chi connectivity index (χ4v) is 2.46. The minimum atomic E-state index is -0.551. The summed E-state index contributed by atoms with van der Waals surface area (Å²) in [7, 11) is 0. The monoisotopic (exact) mass is 362 g/mol. The van der Waals surface area contributed by atoms with Gasteiger partial charge in [0, 0.05) is 12.1 Å². The van der Waals surface area contributed by atoms with E-state index in [0.29, 0.717) is 5.75 Å². The maximum atomic E-state index is 12.1. The first-order valence-corrected chi connectivity index (χ1v) is 8.13. The summed E-state index contributed by atoms with van der Waals surface area (Å²) in [4.78, 5) is 22.4. The van der Waals surface area contributed by atoms with Gasteiger partial charge in [-0.05, 0) is 36.1 Å². The zero-order chi connectivity index (χ0) is 18.6. The predicted octanol–water partition coefficient (Wildman–Crippen LogP) is 4.70. The summed E-state index contributed by atoms with van der Waals surface area (Å²) in [5, 5.41) is 13.6. The second kappa shape index (κ2) is 7.98. The van der Waals surface area contributed by atoms with Crippen molar-refractivity contribution < 1.29 is 14.5 Å². The number of halogens is 1. The molecule has 0 saturated heterocycles. The molecular weight excluding hydrogens is 344 g/mol. The molecule has 2 rings (SSSR count). The van der Waals surface area contributed by atoms with Crippen molar-refractivity contribution >= 4 is 28.9 Å². The van der Waals surface area contributed by atoms with Gasteiger partial charge in [0.15, 0.2) is 6.61 Å². The fourth-order valence-electron chi connectivity index (χ4n) is 2.30. The number of nitro groups is 1. The van der Waals surface area contributed by atoms with Gasteiger partial charge in [0.1, 0.15) is 5.75 Å². The number of carbonyl (C=O) groups is 1. The van der Waals surface area contributed by atoms with Crippen molar-refractivity contribution in [2.75, 3.05) is 11.9 Å². The Balaban J connectivity index is 2.08. The van der Waals surface area contributed by atoms with Crippen LogP contribution >= 0.6 is 11.6 Å². The number of benzene rings is 2. The van der Waals surface area contributed by atoms with E-state index in [9.17, 15) is 14.9 Å². The summed E-state index contributed by atoms with van der Waals surface area (Å²) in [6.07, 6.45) is 0. The maximum Gasteiger partial charge on any atom is 0.271 e. The van der Waals surface area contributed by atoms with Gasteiger partial charge in [-0.2, -0.15) is 0 Å². The minimum Gasteiger partial charge on any atom is -0.483 e. The van der Waals surface area contributed by atoms with Crippen molar-refractivity contribution in [3.05, 3.63) is 62.7 Å². The van der Waals surface area contributed by atoms with Gasteiger partial charge in [-0.25, -0.2) is 0 Å². The van der Waals surface area contributed by atoms with Crippen LogP contribution in [0.5, 0.6) is 5.75 Å². The van der Waals surface area contributed by atoms with E-state index in [1.807, 2.05) is 39.0 Å². The van der Waals surface area contributed by atoms with Gasteiger partial charge in [-0.15, -0.1) is 0 Å². The quantitative estimate of drug-likeness (QED) is 0.596. The average molecular weight is 363 g/mol. The molecule has 2 aromatic rings.